The molecule has 6 N–H and O–H groups in total. The summed E-state index contributed by atoms with van der Waals surface area (Å²) in [5.74, 6) is -0.548. The molecular weight excluding hydrogens is 244 g/mol. The van der Waals surface area contributed by atoms with Crippen LogP contribution >= 0.6 is 0 Å². The summed E-state index contributed by atoms with van der Waals surface area (Å²) >= 11 is 0. The molecule has 1 amide bonds. The fourth-order valence-electron chi connectivity index (χ4n) is 1.35. The second-order valence-corrected chi connectivity index (χ2v) is 5.15. The molecule has 0 spiro atoms. The fourth-order valence-corrected chi connectivity index (χ4v) is 1.88. The number of anilines is 2. The molecule has 0 saturated heterocycles. The van der Waals surface area contributed by atoms with E-state index < -0.39 is 15.9 Å². The molecule has 17 heavy (non-hydrogen) atoms. The standard InChI is InChI=1S/C9H14N4O3S/c1-13(5-9(11)14)8-4-6(17(12,15)16)2-3-7(8)10/h2-4H,5,10H2,1H3,(H2,11,14)(H2,12,15,16). The summed E-state index contributed by atoms with van der Waals surface area (Å²) in [5.41, 5.74) is 11.4. The highest BCUT2D eigenvalue weighted by molar-refractivity contribution is 7.89. The molecule has 0 atom stereocenters. The van der Waals surface area contributed by atoms with Gasteiger partial charge in [-0.2, -0.15) is 0 Å². The highest BCUT2D eigenvalue weighted by atomic mass is 32.2. The molecule has 8 heteroatoms. The minimum atomic E-state index is -3.80. The average Bonchev–Trinajstić information content (AvgIpc) is 2.15. The van der Waals surface area contributed by atoms with Crippen molar-refractivity contribution in [3.63, 3.8) is 0 Å². The summed E-state index contributed by atoms with van der Waals surface area (Å²) in [6.07, 6.45) is 0. The van der Waals surface area contributed by atoms with Crippen LogP contribution in [0.5, 0.6) is 0 Å². The number of primary amides is 1. The predicted octanol–water partition coefficient (Wildman–Crippen LogP) is -1.16. The number of hydrogen-bond donors (Lipinski definition) is 3. The molecule has 0 heterocycles. The molecule has 7 nitrogen and oxygen atoms in total. The van der Waals surface area contributed by atoms with Crippen molar-refractivity contribution in [1.82, 2.24) is 0 Å². The molecule has 0 unspecified atom stereocenters. The first-order valence-electron chi connectivity index (χ1n) is 4.63. The van der Waals surface area contributed by atoms with Crippen molar-refractivity contribution < 1.29 is 13.2 Å². The minimum Gasteiger partial charge on any atom is -0.397 e. The number of amides is 1. The van der Waals surface area contributed by atoms with E-state index in [-0.39, 0.29) is 11.4 Å². The van der Waals surface area contributed by atoms with E-state index in [0.29, 0.717) is 11.4 Å². The van der Waals surface area contributed by atoms with Crippen molar-refractivity contribution in [2.24, 2.45) is 10.9 Å². The lowest BCUT2D eigenvalue weighted by Crippen LogP contribution is -2.31. The third-order valence-corrected chi connectivity index (χ3v) is 3.05. The lowest BCUT2D eigenvalue weighted by molar-refractivity contribution is -0.116. The van der Waals surface area contributed by atoms with E-state index in [2.05, 4.69) is 0 Å². The van der Waals surface area contributed by atoms with Crippen molar-refractivity contribution in [3.8, 4) is 0 Å². The molecule has 0 aliphatic heterocycles. The van der Waals surface area contributed by atoms with Crippen LogP contribution in [0.1, 0.15) is 0 Å². The first-order chi connectivity index (χ1) is 7.71. The van der Waals surface area contributed by atoms with Crippen LogP contribution in [-0.4, -0.2) is 27.9 Å². The number of carbonyl (C=O) groups is 1. The number of carbonyl (C=O) groups excluding carboxylic acids is 1. The first-order valence-corrected chi connectivity index (χ1v) is 6.18. The molecule has 1 rings (SSSR count). The molecule has 0 fully saturated rings. The molecule has 94 valence electrons. The highest BCUT2D eigenvalue weighted by Gasteiger charge is 2.13. The summed E-state index contributed by atoms with van der Waals surface area (Å²) in [4.78, 5) is 12.2. The lowest BCUT2D eigenvalue weighted by Gasteiger charge is -2.19. The number of rotatable bonds is 4. The van der Waals surface area contributed by atoms with Crippen LogP contribution in [0.4, 0.5) is 11.4 Å². The maximum atomic E-state index is 11.2. The van der Waals surface area contributed by atoms with Crippen molar-refractivity contribution in [1.29, 1.82) is 0 Å². The zero-order valence-electron chi connectivity index (χ0n) is 9.25. The number of nitrogens with zero attached hydrogens (tertiary/aromatic N) is 1. The quantitative estimate of drug-likeness (QED) is 0.586. The Morgan fingerprint density at radius 1 is 1.41 bits per heavy atom. The van der Waals surface area contributed by atoms with Crippen molar-refractivity contribution in [2.75, 3.05) is 24.2 Å². The zero-order valence-corrected chi connectivity index (χ0v) is 10.1. The molecule has 1 aromatic carbocycles. The van der Waals surface area contributed by atoms with E-state index in [4.69, 9.17) is 16.6 Å². The Bertz CT molecular complexity index is 541. The largest absolute Gasteiger partial charge is 0.397 e. The van der Waals surface area contributed by atoms with Crippen LogP contribution in [-0.2, 0) is 14.8 Å². The maximum absolute atomic E-state index is 11.2. The van der Waals surface area contributed by atoms with Gasteiger partial charge in [0.1, 0.15) is 0 Å². The smallest absolute Gasteiger partial charge is 0.238 e. The summed E-state index contributed by atoms with van der Waals surface area (Å²) in [6.45, 7) is -0.0712. The van der Waals surface area contributed by atoms with E-state index in [9.17, 15) is 13.2 Å². The van der Waals surface area contributed by atoms with Crippen LogP contribution < -0.4 is 21.5 Å². The molecular formula is C9H14N4O3S. The Morgan fingerprint density at radius 3 is 2.47 bits per heavy atom. The van der Waals surface area contributed by atoms with Crippen LogP contribution in [0.15, 0.2) is 23.1 Å². The Morgan fingerprint density at radius 2 is 2.00 bits per heavy atom. The van der Waals surface area contributed by atoms with Gasteiger partial charge in [0.2, 0.25) is 15.9 Å². The number of sulfonamides is 1. The lowest BCUT2D eigenvalue weighted by atomic mass is 10.2. The first kappa shape index (κ1) is 13.3. The Labute approximate surface area is 99.2 Å². The van der Waals surface area contributed by atoms with Gasteiger partial charge in [0.15, 0.2) is 0 Å². The van der Waals surface area contributed by atoms with E-state index in [1.165, 1.54) is 23.1 Å². The normalized spacial score (nSPS) is 11.2. The van der Waals surface area contributed by atoms with Gasteiger partial charge in [-0.15, -0.1) is 0 Å². The number of likely N-dealkylation sites (N-methyl/N-ethyl adjacent to an activating group) is 1. The van der Waals surface area contributed by atoms with E-state index >= 15 is 0 Å². The number of primary sulfonamides is 1. The molecule has 0 radical (unpaired) electrons. The van der Waals surface area contributed by atoms with Crippen LogP contribution in [0.25, 0.3) is 0 Å². The summed E-state index contributed by atoms with van der Waals surface area (Å²) in [5, 5.41) is 5.00. The van der Waals surface area contributed by atoms with E-state index in [0.717, 1.165) is 0 Å². The Hall–Kier alpha value is -1.80. The number of hydrogen-bond acceptors (Lipinski definition) is 5. The minimum absolute atomic E-state index is 0.0712. The average molecular weight is 258 g/mol. The van der Waals surface area contributed by atoms with Crippen molar-refractivity contribution >= 4 is 27.3 Å². The van der Waals surface area contributed by atoms with Gasteiger partial charge in [-0.25, -0.2) is 13.6 Å². The van der Waals surface area contributed by atoms with Gasteiger partial charge in [-0.3, -0.25) is 4.79 Å². The van der Waals surface area contributed by atoms with Gasteiger partial charge in [0, 0.05) is 7.05 Å². The van der Waals surface area contributed by atoms with Gasteiger partial charge in [0.05, 0.1) is 22.8 Å². The van der Waals surface area contributed by atoms with Gasteiger partial charge in [-0.1, -0.05) is 0 Å². The molecule has 1 aromatic rings. The van der Waals surface area contributed by atoms with E-state index in [1.807, 2.05) is 0 Å². The Kier molecular flexibility index (Phi) is 3.59. The fraction of sp³-hybridized carbons (Fsp3) is 0.222. The maximum Gasteiger partial charge on any atom is 0.238 e. The summed E-state index contributed by atoms with van der Waals surface area (Å²) in [6, 6.07) is 4.01. The monoisotopic (exact) mass is 258 g/mol. The molecule has 0 aliphatic rings. The van der Waals surface area contributed by atoms with Gasteiger partial charge in [0.25, 0.3) is 0 Å². The second kappa shape index (κ2) is 4.60. The van der Waals surface area contributed by atoms with Crippen molar-refractivity contribution in [3.05, 3.63) is 18.2 Å². The zero-order chi connectivity index (χ0) is 13.2. The Balaban J connectivity index is 3.19. The third-order valence-electron chi connectivity index (χ3n) is 2.13. The molecule has 0 aliphatic carbocycles. The van der Waals surface area contributed by atoms with Gasteiger partial charge < -0.3 is 16.4 Å². The van der Waals surface area contributed by atoms with Gasteiger partial charge >= 0.3 is 0 Å². The van der Waals surface area contributed by atoms with E-state index in [1.54, 1.807) is 7.05 Å². The number of nitrogen functional groups attached to an aromatic ring is 1. The number of benzene rings is 1. The molecule has 0 bridgehead atoms. The summed E-state index contributed by atoms with van der Waals surface area (Å²) in [7, 11) is -2.23. The molecule has 0 saturated carbocycles. The second-order valence-electron chi connectivity index (χ2n) is 3.59. The predicted molar refractivity (Wildman–Crippen MR) is 64.7 cm³/mol. The van der Waals surface area contributed by atoms with Crippen LogP contribution in [0, 0.1) is 0 Å². The van der Waals surface area contributed by atoms with Crippen molar-refractivity contribution in [2.45, 2.75) is 4.90 Å². The highest BCUT2D eigenvalue weighted by Crippen LogP contribution is 2.25. The third kappa shape index (κ3) is 3.33. The SMILES string of the molecule is CN(CC(N)=O)c1cc(S(N)(=O)=O)ccc1N. The number of nitrogens with two attached hydrogens (primary N) is 3. The van der Waals surface area contributed by atoms with Gasteiger partial charge in [-0.05, 0) is 18.2 Å². The molecule has 0 aromatic heterocycles. The van der Waals surface area contributed by atoms with Crippen LogP contribution in [0.3, 0.4) is 0 Å². The summed E-state index contributed by atoms with van der Waals surface area (Å²) < 4.78 is 22.3. The van der Waals surface area contributed by atoms with Crippen LogP contribution in [0.2, 0.25) is 0 Å². The topological polar surface area (TPSA) is 133 Å².